The van der Waals surface area contributed by atoms with E-state index in [0.29, 0.717) is 17.8 Å². The van der Waals surface area contributed by atoms with Gasteiger partial charge in [0.05, 0.1) is 0 Å². The van der Waals surface area contributed by atoms with Crippen molar-refractivity contribution in [3.05, 3.63) is 29.3 Å². The van der Waals surface area contributed by atoms with Crippen molar-refractivity contribution in [1.29, 1.82) is 0 Å². The van der Waals surface area contributed by atoms with Gasteiger partial charge < -0.3 is 15.3 Å². The number of nitrogens with one attached hydrogen (secondary N) is 1. The predicted molar refractivity (Wildman–Crippen MR) is 77.4 cm³/mol. The molecule has 0 saturated carbocycles. The maximum Gasteiger partial charge on any atom is 0.119 e. The molecule has 1 aromatic rings. The van der Waals surface area contributed by atoms with E-state index in [-0.39, 0.29) is 0 Å². The highest BCUT2D eigenvalue weighted by Crippen LogP contribution is 2.36. The predicted octanol–water partition coefficient (Wildman–Crippen LogP) is 2.45. The summed E-state index contributed by atoms with van der Waals surface area (Å²) < 4.78 is 0. The Bertz CT molecular complexity index is 440. The lowest BCUT2D eigenvalue weighted by atomic mass is 10.1. The highest BCUT2D eigenvalue weighted by atomic mass is 16.3. The molecule has 2 N–H and O–H groups in total. The molecule has 1 aromatic carbocycles. The van der Waals surface area contributed by atoms with Gasteiger partial charge >= 0.3 is 0 Å². The van der Waals surface area contributed by atoms with Crippen molar-refractivity contribution in [2.24, 2.45) is 0 Å². The molecule has 0 radical (unpaired) electrons. The highest BCUT2D eigenvalue weighted by Gasteiger charge is 2.26. The number of rotatable bonds is 4. The van der Waals surface area contributed by atoms with Crippen LogP contribution in [0.2, 0.25) is 0 Å². The Labute approximate surface area is 115 Å². The van der Waals surface area contributed by atoms with E-state index in [2.05, 4.69) is 23.2 Å². The summed E-state index contributed by atoms with van der Waals surface area (Å²) in [6, 6.07) is 6.84. The van der Waals surface area contributed by atoms with Crippen molar-refractivity contribution in [3.63, 3.8) is 0 Å². The molecule has 1 aliphatic carbocycles. The van der Waals surface area contributed by atoms with E-state index in [4.69, 9.17) is 0 Å². The molecule has 2 aliphatic rings. The van der Waals surface area contributed by atoms with Crippen LogP contribution in [0.4, 0.5) is 0 Å². The third-order valence-corrected chi connectivity index (χ3v) is 4.46. The van der Waals surface area contributed by atoms with Gasteiger partial charge in [-0.25, -0.2) is 0 Å². The van der Waals surface area contributed by atoms with Crippen molar-refractivity contribution in [1.82, 2.24) is 10.2 Å². The summed E-state index contributed by atoms with van der Waals surface area (Å²) in [6.45, 7) is 5.94. The standard InChI is InChI=1S/C16H24N2O/c1-12(11-18-9-2-3-10-18)17-15-8-7-14-13(15)5-4-6-16(14)19/h4-6,12,15,17,19H,2-3,7-11H2,1H3. The zero-order valence-corrected chi connectivity index (χ0v) is 11.7. The van der Waals surface area contributed by atoms with E-state index >= 15 is 0 Å². The second kappa shape index (κ2) is 5.51. The summed E-state index contributed by atoms with van der Waals surface area (Å²) in [4.78, 5) is 2.55. The average molecular weight is 260 g/mol. The minimum atomic E-state index is 0.416. The van der Waals surface area contributed by atoms with Crippen LogP contribution in [0.5, 0.6) is 5.75 Å². The van der Waals surface area contributed by atoms with Gasteiger partial charge in [-0.05, 0) is 62.9 Å². The van der Waals surface area contributed by atoms with Gasteiger partial charge in [0.15, 0.2) is 0 Å². The number of nitrogens with zero attached hydrogens (tertiary/aromatic N) is 1. The number of hydrogen-bond donors (Lipinski definition) is 2. The van der Waals surface area contributed by atoms with Crippen LogP contribution in [0.3, 0.4) is 0 Å². The van der Waals surface area contributed by atoms with Crippen molar-refractivity contribution >= 4 is 0 Å². The second-order valence-electron chi connectivity index (χ2n) is 6.01. The summed E-state index contributed by atoms with van der Waals surface area (Å²) in [5.41, 5.74) is 2.45. The summed E-state index contributed by atoms with van der Waals surface area (Å²) in [5.74, 6) is 0.467. The number of phenolic OH excluding ortho intramolecular Hbond substituents is 1. The van der Waals surface area contributed by atoms with E-state index in [1.165, 1.54) is 31.5 Å². The van der Waals surface area contributed by atoms with Gasteiger partial charge in [-0.15, -0.1) is 0 Å². The summed E-state index contributed by atoms with van der Waals surface area (Å²) in [7, 11) is 0. The Kier molecular flexibility index (Phi) is 3.76. The lowest BCUT2D eigenvalue weighted by molar-refractivity contribution is 0.286. The average Bonchev–Trinajstić information content (AvgIpc) is 3.01. The molecule has 0 amide bonds. The van der Waals surface area contributed by atoms with E-state index < -0.39 is 0 Å². The Hall–Kier alpha value is -1.06. The van der Waals surface area contributed by atoms with Gasteiger partial charge in [0.2, 0.25) is 0 Å². The molecule has 1 saturated heterocycles. The molecule has 3 rings (SSSR count). The molecule has 2 unspecified atom stereocenters. The fourth-order valence-corrected chi connectivity index (χ4v) is 3.56. The Morgan fingerprint density at radius 2 is 2.16 bits per heavy atom. The van der Waals surface area contributed by atoms with Gasteiger partial charge in [0.25, 0.3) is 0 Å². The zero-order chi connectivity index (χ0) is 13.2. The van der Waals surface area contributed by atoms with Crippen molar-refractivity contribution in [2.75, 3.05) is 19.6 Å². The summed E-state index contributed by atoms with van der Waals surface area (Å²) in [6.07, 6.45) is 4.81. The Balaban J connectivity index is 1.61. The van der Waals surface area contributed by atoms with Gasteiger partial charge in [-0.2, -0.15) is 0 Å². The first kappa shape index (κ1) is 12.9. The number of phenols is 1. The molecule has 3 nitrogen and oxygen atoms in total. The van der Waals surface area contributed by atoms with Crippen LogP contribution in [0.15, 0.2) is 18.2 Å². The quantitative estimate of drug-likeness (QED) is 0.873. The van der Waals surface area contributed by atoms with Crippen LogP contribution in [0.1, 0.15) is 43.4 Å². The number of benzene rings is 1. The van der Waals surface area contributed by atoms with E-state index in [0.717, 1.165) is 24.9 Å². The van der Waals surface area contributed by atoms with Crippen molar-refractivity contribution in [3.8, 4) is 5.75 Å². The van der Waals surface area contributed by atoms with E-state index in [9.17, 15) is 5.11 Å². The molecular weight excluding hydrogens is 236 g/mol. The largest absolute Gasteiger partial charge is 0.508 e. The van der Waals surface area contributed by atoms with E-state index in [1.807, 2.05) is 6.07 Å². The maximum absolute atomic E-state index is 9.88. The monoisotopic (exact) mass is 260 g/mol. The van der Waals surface area contributed by atoms with Gasteiger partial charge in [-0.3, -0.25) is 0 Å². The van der Waals surface area contributed by atoms with Crippen LogP contribution < -0.4 is 5.32 Å². The molecule has 1 fully saturated rings. The van der Waals surface area contributed by atoms with Crippen LogP contribution >= 0.6 is 0 Å². The fraction of sp³-hybridized carbons (Fsp3) is 0.625. The minimum Gasteiger partial charge on any atom is -0.508 e. The van der Waals surface area contributed by atoms with E-state index in [1.54, 1.807) is 6.07 Å². The minimum absolute atomic E-state index is 0.416. The number of fused-ring (bicyclic) bond motifs is 1. The van der Waals surface area contributed by atoms with Crippen molar-refractivity contribution < 1.29 is 5.11 Å². The summed E-state index contributed by atoms with van der Waals surface area (Å²) in [5, 5.41) is 13.6. The lowest BCUT2D eigenvalue weighted by Gasteiger charge is -2.25. The Morgan fingerprint density at radius 1 is 1.37 bits per heavy atom. The Morgan fingerprint density at radius 3 is 2.95 bits per heavy atom. The third-order valence-electron chi connectivity index (χ3n) is 4.46. The van der Waals surface area contributed by atoms with Crippen LogP contribution in [0, 0.1) is 0 Å². The molecule has 0 bridgehead atoms. The first-order valence-electron chi connectivity index (χ1n) is 7.53. The topological polar surface area (TPSA) is 35.5 Å². The highest BCUT2D eigenvalue weighted by molar-refractivity contribution is 5.44. The molecule has 0 spiro atoms. The second-order valence-corrected chi connectivity index (χ2v) is 6.01. The molecule has 2 atom stereocenters. The SMILES string of the molecule is CC(CN1CCCC1)NC1CCc2c(O)cccc21. The number of likely N-dealkylation sites (tertiary alicyclic amines) is 1. The van der Waals surface area contributed by atoms with Crippen LogP contribution in [0.25, 0.3) is 0 Å². The van der Waals surface area contributed by atoms with Crippen molar-refractivity contribution in [2.45, 2.75) is 44.7 Å². The number of aromatic hydroxyl groups is 1. The van der Waals surface area contributed by atoms with Crippen LogP contribution in [-0.2, 0) is 6.42 Å². The molecular formula is C16H24N2O. The molecule has 1 heterocycles. The van der Waals surface area contributed by atoms with Crippen LogP contribution in [-0.4, -0.2) is 35.7 Å². The fourth-order valence-electron chi connectivity index (χ4n) is 3.56. The first-order chi connectivity index (χ1) is 9.24. The van der Waals surface area contributed by atoms with Gasteiger partial charge in [0, 0.05) is 18.6 Å². The normalized spacial score (nSPS) is 24.6. The molecule has 0 aromatic heterocycles. The molecule has 3 heteroatoms. The summed E-state index contributed by atoms with van der Waals surface area (Å²) >= 11 is 0. The molecule has 1 aliphatic heterocycles. The zero-order valence-electron chi connectivity index (χ0n) is 11.7. The maximum atomic E-state index is 9.88. The van der Waals surface area contributed by atoms with Gasteiger partial charge in [0.1, 0.15) is 5.75 Å². The van der Waals surface area contributed by atoms with Gasteiger partial charge in [-0.1, -0.05) is 12.1 Å². The first-order valence-corrected chi connectivity index (χ1v) is 7.53. The number of hydrogen-bond acceptors (Lipinski definition) is 3. The smallest absolute Gasteiger partial charge is 0.119 e. The molecule has 104 valence electrons. The molecule has 19 heavy (non-hydrogen) atoms. The lowest BCUT2D eigenvalue weighted by Crippen LogP contribution is -2.39. The third kappa shape index (κ3) is 2.77.